The number of nitrogens with zero attached hydrogens (tertiary/aromatic N) is 6. The molecule has 1 aliphatic rings. The molecular weight excluding hydrogens is 514 g/mol. The van der Waals surface area contributed by atoms with Gasteiger partial charge in [0.1, 0.15) is 0 Å². The summed E-state index contributed by atoms with van der Waals surface area (Å²) in [5.41, 5.74) is 7.03. The number of amides is 2. The summed E-state index contributed by atoms with van der Waals surface area (Å²) < 4.78 is 2.00. The predicted molar refractivity (Wildman–Crippen MR) is 160 cm³/mol. The second-order valence-corrected chi connectivity index (χ2v) is 11.2. The number of anilines is 1. The standard InChI is InChI=1S/C32H37N7O2/c1-20(2)39-29-21(3)18-38(26-13-11-25(12-14-26)32(41)37(5)6)19-27(29)28(36-39)31(40)34-17-23-7-9-24(10-8-23)30-33-16-15-22(4)35-30/h7-16,20-21H,17-19H2,1-6H3,(H,34,40)/t21-/m0/s1. The van der Waals surface area contributed by atoms with E-state index < -0.39 is 0 Å². The van der Waals surface area contributed by atoms with E-state index in [4.69, 9.17) is 5.10 Å². The fraction of sp³-hybridized carbons (Fsp3) is 0.344. The van der Waals surface area contributed by atoms with Gasteiger partial charge in [0.25, 0.3) is 11.8 Å². The van der Waals surface area contributed by atoms with Gasteiger partial charge in [0, 0.05) is 85.7 Å². The van der Waals surface area contributed by atoms with Crippen molar-refractivity contribution in [2.24, 2.45) is 0 Å². The molecule has 5 rings (SSSR count). The molecule has 3 heterocycles. The van der Waals surface area contributed by atoms with Crippen molar-refractivity contribution in [3.63, 3.8) is 0 Å². The van der Waals surface area contributed by atoms with Crippen LogP contribution in [0.3, 0.4) is 0 Å². The number of nitrogens with one attached hydrogen (secondary N) is 1. The first kappa shape index (κ1) is 28.0. The lowest BCUT2D eigenvalue weighted by atomic mass is 9.95. The molecule has 0 fully saturated rings. The minimum Gasteiger partial charge on any atom is -0.366 e. The molecule has 0 saturated heterocycles. The quantitative estimate of drug-likeness (QED) is 0.348. The Morgan fingerprint density at radius 3 is 2.39 bits per heavy atom. The van der Waals surface area contributed by atoms with Crippen LogP contribution >= 0.6 is 0 Å². The van der Waals surface area contributed by atoms with Crippen LogP contribution in [-0.2, 0) is 13.1 Å². The highest BCUT2D eigenvalue weighted by Gasteiger charge is 2.33. The van der Waals surface area contributed by atoms with E-state index in [2.05, 4.69) is 41.0 Å². The number of fused-ring (bicyclic) bond motifs is 1. The highest BCUT2D eigenvalue weighted by atomic mass is 16.2. The average Bonchev–Trinajstić information content (AvgIpc) is 3.36. The Morgan fingerprint density at radius 1 is 1.05 bits per heavy atom. The summed E-state index contributed by atoms with van der Waals surface area (Å²) in [5, 5.41) is 7.89. The monoisotopic (exact) mass is 551 g/mol. The Labute approximate surface area is 241 Å². The maximum atomic E-state index is 13.5. The summed E-state index contributed by atoms with van der Waals surface area (Å²) in [6, 6.07) is 17.6. The smallest absolute Gasteiger partial charge is 0.272 e. The summed E-state index contributed by atoms with van der Waals surface area (Å²) in [5.74, 6) is 0.646. The fourth-order valence-electron chi connectivity index (χ4n) is 5.30. The minimum atomic E-state index is -0.187. The molecule has 0 radical (unpaired) electrons. The van der Waals surface area contributed by atoms with Crippen LogP contribution in [0.1, 0.15) is 76.1 Å². The third-order valence-corrected chi connectivity index (χ3v) is 7.41. The largest absolute Gasteiger partial charge is 0.366 e. The third kappa shape index (κ3) is 5.84. The first-order valence-corrected chi connectivity index (χ1v) is 14.0. The molecule has 9 heteroatoms. The van der Waals surface area contributed by atoms with Gasteiger partial charge in [0.05, 0.1) is 0 Å². The van der Waals surface area contributed by atoms with E-state index in [1.807, 2.05) is 66.2 Å². The molecule has 4 aromatic rings. The molecule has 1 atom stereocenters. The average molecular weight is 552 g/mol. The van der Waals surface area contributed by atoms with Gasteiger partial charge < -0.3 is 15.1 Å². The van der Waals surface area contributed by atoms with Gasteiger partial charge in [-0.05, 0) is 56.7 Å². The van der Waals surface area contributed by atoms with Gasteiger partial charge in [-0.3, -0.25) is 14.3 Å². The van der Waals surface area contributed by atoms with Gasteiger partial charge in [-0.1, -0.05) is 31.2 Å². The Bertz CT molecular complexity index is 1560. The molecule has 1 aliphatic heterocycles. The third-order valence-electron chi connectivity index (χ3n) is 7.41. The van der Waals surface area contributed by atoms with E-state index in [1.165, 1.54) is 0 Å². The van der Waals surface area contributed by atoms with Crippen LogP contribution < -0.4 is 10.2 Å². The van der Waals surface area contributed by atoms with E-state index in [0.29, 0.717) is 30.2 Å². The first-order valence-electron chi connectivity index (χ1n) is 14.0. The number of benzene rings is 2. The minimum absolute atomic E-state index is 0.0267. The summed E-state index contributed by atoms with van der Waals surface area (Å²) in [6.45, 7) is 10.1. The van der Waals surface area contributed by atoms with Crippen molar-refractivity contribution in [3.05, 3.63) is 94.6 Å². The number of carbonyl (C=O) groups is 2. The van der Waals surface area contributed by atoms with Crippen LogP contribution in [0.25, 0.3) is 11.4 Å². The van der Waals surface area contributed by atoms with Gasteiger partial charge in [0.2, 0.25) is 0 Å². The van der Waals surface area contributed by atoms with Crippen LogP contribution in [0.2, 0.25) is 0 Å². The van der Waals surface area contributed by atoms with Crippen LogP contribution in [0.15, 0.2) is 60.8 Å². The van der Waals surface area contributed by atoms with Crippen LogP contribution in [0.5, 0.6) is 0 Å². The zero-order chi connectivity index (χ0) is 29.3. The maximum absolute atomic E-state index is 13.5. The van der Waals surface area contributed by atoms with E-state index in [0.717, 1.165) is 40.3 Å². The van der Waals surface area contributed by atoms with Crippen LogP contribution in [-0.4, -0.2) is 57.1 Å². The molecule has 0 unspecified atom stereocenters. The highest BCUT2D eigenvalue weighted by molar-refractivity contribution is 5.95. The molecular formula is C32H37N7O2. The van der Waals surface area contributed by atoms with Gasteiger partial charge in [0.15, 0.2) is 11.5 Å². The number of carbonyl (C=O) groups excluding carboxylic acids is 2. The van der Waals surface area contributed by atoms with E-state index in [1.54, 1.807) is 25.2 Å². The lowest BCUT2D eigenvalue weighted by Gasteiger charge is -2.34. The Balaban J connectivity index is 1.34. The molecule has 2 aromatic heterocycles. The molecule has 0 saturated carbocycles. The van der Waals surface area contributed by atoms with E-state index in [9.17, 15) is 9.59 Å². The summed E-state index contributed by atoms with van der Waals surface area (Å²) in [6.07, 6.45) is 1.76. The van der Waals surface area contributed by atoms with Crippen molar-refractivity contribution in [3.8, 4) is 11.4 Å². The van der Waals surface area contributed by atoms with E-state index in [-0.39, 0.29) is 23.8 Å². The lowest BCUT2D eigenvalue weighted by Crippen LogP contribution is -2.34. The number of aromatic nitrogens is 4. The zero-order valence-electron chi connectivity index (χ0n) is 24.5. The molecule has 9 nitrogen and oxygen atoms in total. The predicted octanol–water partition coefficient (Wildman–Crippen LogP) is 4.98. The van der Waals surface area contributed by atoms with Crippen molar-refractivity contribution in [1.82, 2.24) is 30.0 Å². The van der Waals surface area contributed by atoms with Gasteiger partial charge in [-0.15, -0.1) is 0 Å². The van der Waals surface area contributed by atoms with Crippen molar-refractivity contribution < 1.29 is 9.59 Å². The molecule has 41 heavy (non-hydrogen) atoms. The van der Waals surface area contributed by atoms with Gasteiger partial charge >= 0.3 is 0 Å². The Morgan fingerprint density at radius 2 is 1.76 bits per heavy atom. The van der Waals surface area contributed by atoms with E-state index >= 15 is 0 Å². The molecule has 0 aliphatic carbocycles. The molecule has 0 bridgehead atoms. The molecule has 2 amide bonds. The van der Waals surface area contributed by atoms with Crippen LogP contribution in [0, 0.1) is 6.92 Å². The van der Waals surface area contributed by atoms with Crippen molar-refractivity contribution in [1.29, 1.82) is 0 Å². The number of hydrogen-bond donors (Lipinski definition) is 1. The summed E-state index contributed by atoms with van der Waals surface area (Å²) >= 11 is 0. The van der Waals surface area contributed by atoms with Crippen molar-refractivity contribution in [2.75, 3.05) is 25.5 Å². The molecule has 212 valence electrons. The van der Waals surface area contributed by atoms with Gasteiger partial charge in [-0.25, -0.2) is 9.97 Å². The first-order chi connectivity index (χ1) is 19.6. The van der Waals surface area contributed by atoms with Crippen molar-refractivity contribution in [2.45, 2.75) is 52.7 Å². The topological polar surface area (TPSA) is 96.2 Å². The normalized spacial score (nSPS) is 14.6. The second kappa shape index (κ2) is 11.5. The number of aryl methyl sites for hydroxylation is 1. The van der Waals surface area contributed by atoms with Crippen LogP contribution in [0.4, 0.5) is 5.69 Å². The maximum Gasteiger partial charge on any atom is 0.272 e. The zero-order valence-corrected chi connectivity index (χ0v) is 24.5. The fourth-order valence-corrected chi connectivity index (χ4v) is 5.30. The molecule has 1 N–H and O–H groups in total. The Hall–Kier alpha value is -4.53. The second-order valence-electron chi connectivity index (χ2n) is 11.2. The highest BCUT2D eigenvalue weighted by Crippen LogP contribution is 2.35. The summed E-state index contributed by atoms with van der Waals surface area (Å²) in [7, 11) is 3.50. The number of hydrogen-bond acceptors (Lipinski definition) is 6. The SMILES string of the molecule is Cc1ccnc(-c2ccc(CNC(=O)c3nn(C(C)C)c4c3CN(c3ccc(C(=O)N(C)C)cc3)C[C@@H]4C)cc2)n1. The number of rotatable bonds is 7. The lowest BCUT2D eigenvalue weighted by molar-refractivity contribution is 0.0827. The molecule has 0 spiro atoms. The molecule has 2 aromatic carbocycles. The van der Waals surface area contributed by atoms with Gasteiger partial charge in [-0.2, -0.15) is 5.10 Å². The Kier molecular flexibility index (Phi) is 7.88. The summed E-state index contributed by atoms with van der Waals surface area (Å²) in [4.78, 5) is 38.5. The van der Waals surface area contributed by atoms with Crippen molar-refractivity contribution >= 4 is 17.5 Å².